The second-order valence-corrected chi connectivity index (χ2v) is 7.39. The monoisotopic (exact) mass is 403 g/mol. The van der Waals surface area contributed by atoms with Crippen LogP contribution in [0.5, 0.6) is 0 Å². The van der Waals surface area contributed by atoms with E-state index in [4.69, 9.17) is 4.74 Å². The molecule has 0 bridgehead atoms. The summed E-state index contributed by atoms with van der Waals surface area (Å²) in [4.78, 5) is 14.1. The van der Waals surface area contributed by atoms with E-state index in [2.05, 4.69) is 63.2 Å². The summed E-state index contributed by atoms with van der Waals surface area (Å²) in [6.45, 7) is 1.56. The van der Waals surface area contributed by atoms with Crippen molar-refractivity contribution in [3.8, 4) is 0 Å². The van der Waals surface area contributed by atoms with E-state index in [1.165, 1.54) is 12.7 Å². The Morgan fingerprint density at radius 3 is 2.80 bits per heavy atom. The van der Waals surface area contributed by atoms with Gasteiger partial charge in [0.05, 0.1) is 17.6 Å². The number of ether oxygens (including phenoxy) is 1. The van der Waals surface area contributed by atoms with Crippen LogP contribution in [0.4, 0.5) is 4.79 Å². The van der Waals surface area contributed by atoms with Crippen LogP contribution in [0.3, 0.4) is 0 Å². The van der Waals surface area contributed by atoms with Crippen molar-refractivity contribution in [2.45, 2.75) is 38.3 Å². The lowest BCUT2D eigenvalue weighted by molar-refractivity contribution is -0.689. The molecule has 1 amide bonds. The normalized spacial score (nSPS) is 17.8. The van der Waals surface area contributed by atoms with Crippen molar-refractivity contribution in [2.75, 3.05) is 13.7 Å². The number of aromatic nitrogens is 1. The zero-order valence-corrected chi connectivity index (χ0v) is 16.1. The van der Waals surface area contributed by atoms with Crippen molar-refractivity contribution in [1.82, 2.24) is 4.90 Å². The largest absolute Gasteiger partial charge is 0.453 e. The Morgan fingerprint density at radius 2 is 2.04 bits per heavy atom. The number of methoxy groups -OCH3 is 1. The van der Waals surface area contributed by atoms with Crippen LogP contribution < -0.4 is 4.57 Å². The van der Waals surface area contributed by atoms with Crippen molar-refractivity contribution >= 4 is 22.0 Å². The fraction of sp³-hybridized carbons (Fsp3) is 0.400. The molecule has 0 aliphatic carbocycles. The lowest BCUT2D eigenvalue weighted by Gasteiger charge is -2.28. The van der Waals surface area contributed by atoms with E-state index in [0.29, 0.717) is 0 Å². The summed E-state index contributed by atoms with van der Waals surface area (Å²) >= 11 is 3.63. The number of likely N-dealkylation sites (tertiary alicyclic amines) is 1. The summed E-state index contributed by atoms with van der Waals surface area (Å²) in [5.74, 6) is 0. The number of pyridine rings is 1. The Kier molecular flexibility index (Phi) is 6.08. The third-order valence-corrected chi connectivity index (χ3v) is 5.10. The first kappa shape index (κ1) is 17.9. The third kappa shape index (κ3) is 4.60. The van der Waals surface area contributed by atoms with Gasteiger partial charge in [-0.05, 0) is 34.8 Å². The van der Waals surface area contributed by atoms with Crippen molar-refractivity contribution in [3.63, 3.8) is 0 Å². The van der Waals surface area contributed by atoms with E-state index in [1.807, 2.05) is 11.0 Å². The predicted molar refractivity (Wildman–Crippen MR) is 100 cm³/mol. The van der Waals surface area contributed by atoms with Gasteiger partial charge in [-0.2, -0.15) is 4.57 Å². The average molecular weight is 404 g/mol. The highest BCUT2D eigenvalue weighted by Gasteiger charge is 2.29. The van der Waals surface area contributed by atoms with Gasteiger partial charge in [0.15, 0.2) is 18.9 Å². The second kappa shape index (κ2) is 8.48. The maximum absolute atomic E-state index is 12.2. The van der Waals surface area contributed by atoms with Crippen LogP contribution in [0, 0.1) is 0 Å². The van der Waals surface area contributed by atoms with E-state index in [0.717, 1.165) is 48.8 Å². The highest BCUT2D eigenvalue weighted by Crippen LogP contribution is 2.31. The zero-order valence-electron chi connectivity index (χ0n) is 14.5. The van der Waals surface area contributed by atoms with Crippen LogP contribution in [-0.2, 0) is 11.3 Å². The van der Waals surface area contributed by atoms with E-state index >= 15 is 0 Å². The Bertz CT molecular complexity index is 721. The molecule has 3 rings (SSSR count). The number of hydrogen-bond acceptors (Lipinski definition) is 2. The van der Waals surface area contributed by atoms with Crippen LogP contribution in [0.15, 0.2) is 53.3 Å². The number of amides is 1. The van der Waals surface area contributed by atoms with Gasteiger partial charge in [0.2, 0.25) is 0 Å². The topological polar surface area (TPSA) is 33.4 Å². The Balaban J connectivity index is 1.90. The van der Waals surface area contributed by atoms with Gasteiger partial charge in [0.1, 0.15) is 0 Å². The summed E-state index contributed by atoms with van der Waals surface area (Å²) in [6.07, 6.45) is 8.28. The quantitative estimate of drug-likeness (QED) is 0.708. The zero-order chi connectivity index (χ0) is 17.6. The van der Waals surface area contributed by atoms with E-state index < -0.39 is 0 Å². The number of hydrogen-bond donors (Lipinski definition) is 0. The molecule has 2 aromatic rings. The Labute approximate surface area is 157 Å². The second-order valence-electron chi connectivity index (χ2n) is 6.47. The van der Waals surface area contributed by atoms with Gasteiger partial charge in [-0.15, -0.1) is 0 Å². The predicted octanol–water partition coefficient (Wildman–Crippen LogP) is 4.47. The molecule has 1 aliphatic heterocycles. The van der Waals surface area contributed by atoms with Gasteiger partial charge >= 0.3 is 6.09 Å². The highest BCUT2D eigenvalue weighted by molar-refractivity contribution is 9.10. The van der Waals surface area contributed by atoms with E-state index in [9.17, 15) is 4.79 Å². The number of halogens is 1. The van der Waals surface area contributed by atoms with E-state index in [-0.39, 0.29) is 12.1 Å². The number of carbonyl (C=O) groups excluding carboxylic acids is 1. The number of nitrogens with zero attached hydrogens (tertiary/aromatic N) is 2. The summed E-state index contributed by atoms with van der Waals surface area (Å²) < 4.78 is 8.22. The Morgan fingerprint density at radius 1 is 1.24 bits per heavy atom. The maximum Gasteiger partial charge on any atom is 0.409 e. The number of benzene rings is 1. The molecule has 4 nitrogen and oxygen atoms in total. The molecule has 0 radical (unpaired) electrons. The number of carbonyl (C=O) groups is 1. The molecule has 1 atom stereocenters. The van der Waals surface area contributed by atoms with Gasteiger partial charge < -0.3 is 9.64 Å². The fourth-order valence-corrected chi connectivity index (χ4v) is 4.01. The molecule has 1 fully saturated rings. The molecule has 25 heavy (non-hydrogen) atoms. The lowest BCUT2D eigenvalue weighted by Crippen LogP contribution is -2.38. The van der Waals surface area contributed by atoms with Gasteiger partial charge in [-0.1, -0.05) is 43.2 Å². The third-order valence-electron chi connectivity index (χ3n) is 4.66. The lowest BCUT2D eigenvalue weighted by atomic mass is 10.0. The molecule has 0 saturated carbocycles. The van der Waals surface area contributed by atoms with Crippen molar-refractivity contribution in [1.29, 1.82) is 0 Å². The molecule has 1 aromatic heterocycles. The van der Waals surface area contributed by atoms with Crippen molar-refractivity contribution < 1.29 is 14.1 Å². The molecule has 1 aromatic carbocycles. The standard InChI is InChI=1S/C20H24BrN2O2/c1-25-20(24)23-11-7-3-6-10-19(23)17-12-18(21)15-22(14-17)13-16-8-4-2-5-9-16/h2,4-5,8-9,12,14-15,19H,3,6-7,10-11,13H2,1H3/q+1. The van der Waals surface area contributed by atoms with Gasteiger partial charge in [0.25, 0.3) is 0 Å². The molecule has 132 valence electrons. The molecule has 5 heteroatoms. The maximum atomic E-state index is 12.2. The van der Waals surface area contributed by atoms with Gasteiger partial charge in [0, 0.05) is 17.7 Å². The SMILES string of the molecule is COC(=O)N1CCCCCC1c1cc(Br)c[n+](Cc2ccccc2)c1. The Hall–Kier alpha value is -1.88. The molecular weight excluding hydrogens is 380 g/mol. The molecule has 1 unspecified atom stereocenters. The first-order chi connectivity index (χ1) is 12.2. The van der Waals surface area contributed by atoms with Crippen molar-refractivity contribution in [2.24, 2.45) is 0 Å². The average Bonchev–Trinajstić information content (AvgIpc) is 2.87. The molecular formula is C20H24BrN2O2+. The van der Waals surface area contributed by atoms with Crippen LogP contribution in [-0.4, -0.2) is 24.6 Å². The van der Waals surface area contributed by atoms with Gasteiger partial charge in [-0.25, -0.2) is 4.79 Å². The summed E-state index contributed by atoms with van der Waals surface area (Å²) in [7, 11) is 1.46. The van der Waals surface area contributed by atoms with Crippen LogP contribution in [0.25, 0.3) is 0 Å². The van der Waals surface area contributed by atoms with Crippen LogP contribution in [0.2, 0.25) is 0 Å². The molecule has 2 heterocycles. The summed E-state index contributed by atoms with van der Waals surface area (Å²) in [5.41, 5.74) is 2.40. The number of rotatable bonds is 3. The summed E-state index contributed by atoms with van der Waals surface area (Å²) in [5, 5.41) is 0. The highest BCUT2D eigenvalue weighted by atomic mass is 79.9. The fourth-order valence-electron chi connectivity index (χ4n) is 3.48. The van der Waals surface area contributed by atoms with Crippen LogP contribution >= 0.6 is 15.9 Å². The van der Waals surface area contributed by atoms with Crippen molar-refractivity contribution in [3.05, 3.63) is 64.4 Å². The van der Waals surface area contributed by atoms with Crippen LogP contribution in [0.1, 0.15) is 42.9 Å². The smallest absolute Gasteiger partial charge is 0.409 e. The molecule has 1 aliphatic rings. The first-order valence-electron chi connectivity index (χ1n) is 8.75. The van der Waals surface area contributed by atoms with Gasteiger partial charge in [-0.3, -0.25) is 0 Å². The minimum atomic E-state index is -0.235. The van der Waals surface area contributed by atoms with E-state index in [1.54, 1.807) is 0 Å². The molecule has 0 N–H and O–H groups in total. The molecule has 1 saturated heterocycles. The summed E-state index contributed by atoms with van der Waals surface area (Å²) in [6, 6.07) is 12.6. The minimum Gasteiger partial charge on any atom is -0.453 e. The first-order valence-corrected chi connectivity index (χ1v) is 9.54. The molecule has 0 spiro atoms. The minimum absolute atomic E-state index is 0.0643.